The second-order valence-corrected chi connectivity index (χ2v) is 5.10. The number of hydrogen-bond donors (Lipinski definition) is 1. The van der Waals surface area contributed by atoms with Gasteiger partial charge in [-0.3, -0.25) is 14.9 Å². The Kier molecular flexibility index (Phi) is 3.76. The van der Waals surface area contributed by atoms with Crippen LogP contribution in [0.5, 0.6) is 0 Å². The van der Waals surface area contributed by atoms with Crippen LogP contribution in [0.25, 0.3) is 16.6 Å². The molecule has 3 rings (SSSR count). The topological polar surface area (TPSA) is 102 Å². The summed E-state index contributed by atoms with van der Waals surface area (Å²) in [6.07, 6.45) is 0.964. The number of carboxylic acid groups (broad SMARTS) is 1. The van der Waals surface area contributed by atoms with E-state index in [-0.39, 0.29) is 22.3 Å². The van der Waals surface area contributed by atoms with Crippen molar-refractivity contribution in [2.45, 2.75) is 0 Å². The van der Waals surface area contributed by atoms with Crippen molar-refractivity contribution < 1.29 is 23.6 Å². The Morgan fingerprint density at radius 3 is 2.28 bits per heavy atom. The molecule has 25 heavy (non-hydrogen) atoms. The Balaban J connectivity index is 2.38. The molecule has 2 aromatic carbocycles. The Bertz CT molecular complexity index is 1090. The van der Waals surface area contributed by atoms with E-state index in [1.165, 1.54) is 24.3 Å². The number of carboxylic acids is 1. The smallest absolute Gasteiger partial charge is 0.341 e. The second kappa shape index (κ2) is 5.78. The highest BCUT2D eigenvalue weighted by molar-refractivity contribution is 5.93. The normalized spacial score (nSPS) is 10.8. The van der Waals surface area contributed by atoms with E-state index in [2.05, 4.69) is 0 Å². The molecule has 9 heteroatoms. The molecule has 0 spiro atoms. The SMILES string of the molecule is O=C(O)c1cn(-c2ccc([N+](=O)[O-])cc2)c2cc(F)c(F)cc2c1=O. The van der Waals surface area contributed by atoms with E-state index in [0.29, 0.717) is 6.07 Å². The average Bonchev–Trinajstić information content (AvgIpc) is 2.57. The Hall–Kier alpha value is -3.62. The number of rotatable bonds is 3. The van der Waals surface area contributed by atoms with E-state index in [9.17, 15) is 28.5 Å². The molecule has 0 aliphatic carbocycles. The van der Waals surface area contributed by atoms with E-state index >= 15 is 0 Å². The number of aromatic carboxylic acids is 1. The van der Waals surface area contributed by atoms with Crippen LogP contribution >= 0.6 is 0 Å². The van der Waals surface area contributed by atoms with Gasteiger partial charge in [-0.15, -0.1) is 0 Å². The summed E-state index contributed by atoms with van der Waals surface area (Å²) in [6.45, 7) is 0. The highest BCUT2D eigenvalue weighted by Gasteiger charge is 2.18. The quantitative estimate of drug-likeness (QED) is 0.580. The summed E-state index contributed by atoms with van der Waals surface area (Å²) < 4.78 is 28.3. The first-order valence-corrected chi connectivity index (χ1v) is 6.82. The largest absolute Gasteiger partial charge is 0.477 e. The second-order valence-electron chi connectivity index (χ2n) is 5.10. The molecule has 1 aromatic heterocycles. The van der Waals surface area contributed by atoms with E-state index in [1.807, 2.05) is 0 Å². The van der Waals surface area contributed by atoms with Crippen LogP contribution in [-0.2, 0) is 0 Å². The van der Waals surface area contributed by atoms with Gasteiger partial charge in [-0.05, 0) is 18.2 Å². The predicted octanol–water partition coefficient (Wildman–Crippen LogP) is 2.88. The van der Waals surface area contributed by atoms with Crippen LogP contribution < -0.4 is 5.43 Å². The lowest BCUT2D eigenvalue weighted by molar-refractivity contribution is -0.384. The molecule has 7 nitrogen and oxygen atoms in total. The first-order valence-electron chi connectivity index (χ1n) is 6.82. The molecule has 0 aliphatic rings. The van der Waals surface area contributed by atoms with Crippen molar-refractivity contribution in [2.75, 3.05) is 0 Å². The summed E-state index contributed by atoms with van der Waals surface area (Å²) >= 11 is 0. The minimum Gasteiger partial charge on any atom is -0.477 e. The molecule has 0 unspecified atom stereocenters. The van der Waals surface area contributed by atoms with E-state index in [1.54, 1.807) is 0 Å². The van der Waals surface area contributed by atoms with Crippen LogP contribution in [0.1, 0.15) is 10.4 Å². The van der Waals surface area contributed by atoms with Crippen LogP contribution in [0.15, 0.2) is 47.4 Å². The zero-order valence-corrected chi connectivity index (χ0v) is 12.3. The van der Waals surface area contributed by atoms with Crippen LogP contribution in [0, 0.1) is 21.7 Å². The number of nitrogens with zero attached hydrogens (tertiary/aromatic N) is 2. The van der Waals surface area contributed by atoms with E-state index in [4.69, 9.17) is 5.11 Å². The molecule has 0 saturated heterocycles. The van der Waals surface area contributed by atoms with Crippen LogP contribution in [0.2, 0.25) is 0 Å². The third-order valence-corrected chi connectivity index (χ3v) is 3.61. The maximum atomic E-state index is 13.6. The van der Waals surface area contributed by atoms with Gasteiger partial charge in [-0.1, -0.05) is 0 Å². The molecule has 0 fully saturated rings. The van der Waals surface area contributed by atoms with Crippen molar-refractivity contribution in [3.8, 4) is 5.69 Å². The zero-order chi connectivity index (χ0) is 18.3. The maximum absolute atomic E-state index is 13.6. The molecule has 0 radical (unpaired) electrons. The van der Waals surface area contributed by atoms with Gasteiger partial charge in [-0.25, -0.2) is 13.6 Å². The molecule has 0 amide bonds. The van der Waals surface area contributed by atoms with Gasteiger partial charge in [0.2, 0.25) is 5.43 Å². The first kappa shape index (κ1) is 16.2. The number of benzene rings is 2. The zero-order valence-electron chi connectivity index (χ0n) is 12.3. The lowest BCUT2D eigenvalue weighted by atomic mass is 10.1. The minimum atomic E-state index is -1.53. The van der Waals surface area contributed by atoms with Crippen molar-refractivity contribution in [2.24, 2.45) is 0 Å². The first-order chi connectivity index (χ1) is 11.8. The molecular formula is C16H8F2N2O5. The van der Waals surface area contributed by atoms with Gasteiger partial charge < -0.3 is 9.67 Å². The number of hydrogen-bond acceptors (Lipinski definition) is 4. The summed E-state index contributed by atoms with van der Waals surface area (Å²) in [6, 6.07) is 6.32. The molecule has 0 aliphatic heterocycles. The fourth-order valence-electron chi connectivity index (χ4n) is 2.42. The molecule has 0 atom stereocenters. The standard InChI is InChI=1S/C16H8F2N2O5/c17-12-5-10-14(6-13(12)18)19(7-11(15(10)21)16(22)23)8-1-3-9(4-2-8)20(24)25/h1-7H,(H,22,23). The average molecular weight is 346 g/mol. The molecular weight excluding hydrogens is 338 g/mol. The number of carbonyl (C=O) groups is 1. The van der Waals surface area contributed by atoms with Gasteiger partial charge in [0.1, 0.15) is 5.56 Å². The van der Waals surface area contributed by atoms with Gasteiger partial charge in [-0.2, -0.15) is 0 Å². The Morgan fingerprint density at radius 1 is 1.12 bits per heavy atom. The number of fused-ring (bicyclic) bond motifs is 1. The summed E-state index contributed by atoms with van der Waals surface area (Å²) in [5, 5.41) is 19.6. The van der Waals surface area contributed by atoms with Crippen molar-refractivity contribution in [1.82, 2.24) is 4.57 Å². The third kappa shape index (κ3) is 2.71. The summed E-state index contributed by atoms with van der Waals surface area (Å²) in [4.78, 5) is 33.6. The molecule has 1 heterocycles. The van der Waals surface area contributed by atoms with Gasteiger partial charge >= 0.3 is 5.97 Å². The lowest BCUT2D eigenvalue weighted by Gasteiger charge is -2.12. The number of aromatic nitrogens is 1. The Morgan fingerprint density at radius 2 is 1.72 bits per heavy atom. The van der Waals surface area contributed by atoms with E-state index in [0.717, 1.165) is 16.8 Å². The van der Waals surface area contributed by atoms with Crippen molar-refractivity contribution >= 4 is 22.6 Å². The van der Waals surface area contributed by atoms with Gasteiger partial charge in [0, 0.05) is 30.1 Å². The van der Waals surface area contributed by atoms with Crippen LogP contribution in [0.3, 0.4) is 0 Å². The van der Waals surface area contributed by atoms with Crippen molar-refractivity contribution in [3.63, 3.8) is 0 Å². The van der Waals surface area contributed by atoms with E-state index < -0.39 is 33.5 Å². The number of halogens is 2. The number of nitro benzene ring substituents is 1. The number of nitro groups is 1. The fraction of sp³-hybridized carbons (Fsp3) is 0. The van der Waals surface area contributed by atoms with Crippen LogP contribution in [0.4, 0.5) is 14.5 Å². The van der Waals surface area contributed by atoms with Gasteiger partial charge in [0.15, 0.2) is 11.6 Å². The van der Waals surface area contributed by atoms with Crippen molar-refractivity contribution in [3.05, 3.63) is 80.1 Å². The number of non-ortho nitro benzene ring substituents is 1. The monoisotopic (exact) mass is 346 g/mol. The number of pyridine rings is 1. The summed E-state index contributed by atoms with van der Waals surface area (Å²) in [5.74, 6) is -4.04. The molecule has 3 aromatic rings. The molecule has 1 N–H and O–H groups in total. The van der Waals surface area contributed by atoms with Crippen molar-refractivity contribution in [1.29, 1.82) is 0 Å². The molecule has 0 saturated carbocycles. The van der Waals surface area contributed by atoms with Crippen LogP contribution in [-0.4, -0.2) is 20.6 Å². The van der Waals surface area contributed by atoms with Gasteiger partial charge in [0.05, 0.1) is 15.8 Å². The predicted molar refractivity (Wildman–Crippen MR) is 83.1 cm³/mol. The summed E-state index contributed by atoms with van der Waals surface area (Å²) in [7, 11) is 0. The Labute approximate surface area is 137 Å². The third-order valence-electron chi connectivity index (χ3n) is 3.61. The molecule has 126 valence electrons. The maximum Gasteiger partial charge on any atom is 0.341 e. The highest BCUT2D eigenvalue weighted by Crippen LogP contribution is 2.22. The minimum absolute atomic E-state index is 0.0669. The fourth-order valence-corrected chi connectivity index (χ4v) is 2.42. The summed E-state index contributed by atoms with van der Waals surface area (Å²) in [5.41, 5.74) is -1.63. The van der Waals surface area contributed by atoms with Gasteiger partial charge in [0.25, 0.3) is 5.69 Å². The highest BCUT2D eigenvalue weighted by atomic mass is 19.2. The molecule has 0 bridgehead atoms. The lowest BCUT2D eigenvalue weighted by Crippen LogP contribution is -2.18.